The number of ether oxygens (including phenoxy) is 1. The SMILES string of the molecule is c1ccc2c(c1)COc1nc3ccc(-c4cccc5sc6ccccc6c45)cc3n1-2. The van der Waals surface area contributed by atoms with E-state index >= 15 is 0 Å². The Balaban J connectivity index is 1.53. The topological polar surface area (TPSA) is 27.1 Å². The van der Waals surface area contributed by atoms with Gasteiger partial charge in [0.15, 0.2) is 0 Å². The van der Waals surface area contributed by atoms with Crippen LogP contribution in [-0.4, -0.2) is 9.55 Å². The Labute approximate surface area is 176 Å². The molecule has 1 aliphatic rings. The molecule has 7 rings (SSSR count). The van der Waals surface area contributed by atoms with Gasteiger partial charge >= 0.3 is 6.01 Å². The third kappa shape index (κ3) is 2.17. The lowest BCUT2D eigenvalue weighted by atomic mass is 9.99. The van der Waals surface area contributed by atoms with Crippen molar-refractivity contribution in [3.05, 3.63) is 90.5 Å². The highest BCUT2D eigenvalue weighted by molar-refractivity contribution is 7.25. The van der Waals surface area contributed by atoms with Gasteiger partial charge in [0.25, 0.3) is 0 Å². The number of para-hydroxylation sites is 1. The van der Waals surface area contributed by atoms with Crippen LogP contribution in [0.25, 0.3) is 48.0 Å². The molecular formula is C26H16N2OS. The Bertz CT molecular complexity index is 1610. The molecule has 0 radical (unpaired) electrons. The molecule has 30 heavy (non-hydrogen) atoms. The van der Waals surface area contributed by atoms with E-state index in [1.807, 2.05) is 11.3 Å². The van der Waals surface area contributed by atoms with Gasteiger partial charge in [-0.1, -0.05) is 54.6 Å². The summed E-state index contributed by atoms with van der Waals surface area (Å²) in [6, 6.07) is 30.8. The van der Waals surface area contributed by atoms with E-state index in [2.05, 4.69) is 89.5 Å². The van der Waals surface area contributed by atoms with E-state index in [0.29, 0.717) is 12.6 Å². The van der Waals surface area contributed by atoms with Crippen molar-refractivity contribution in [1.82, 2.24) is 9.55 Å². The summed E-state index contributed by atoms with van der Waals surface area (Å²) in [5.74, 6) is 0. The van der Waals surface area contributed by atoms with Gasteiger partial charge in [-0.2, -0.15) is 4.98 Å². The summed E-state index contributed by atoms with van der Waals surface area (Å²) in [6.45, 7) is 0.562. The maximum Gasteiger partial charge on any atom is 0.302 e. The predicted octanol–water partition coefficient (Wildman–Crippen LogP) is 6.95. The van der Waals surface area contributed by atoms with Crippen LogP contribution in [0, 0.1) is 0 Å². The lowest BCUT2D eigenvalue weighted by Gasteiger charge is -2.19. The third-order valence-electron chi connectivity index (χ3n) is 5.93. The summed E-state index contributed by atoms with van der Waals surface area (Å²) in [5, 5.41) is 2.64. The van der Waals surface area contributed by atoms with Gasteiger partial charge in [0, 0.05) is 25.7 Å². The van der Waals surface area contributed by atoms with Crippen LogP contribution in [-0.2, 0) is 6.61 Å². The minimum atomic E-state index is 0.562. The third-order valence-corrected chi connectivity index (χ3v) is 7.06. The lowest BCUT2D eigenvalue weighted by Crippen LogP contribution is -2.11. The molecule has 2 aromatic heterocycles. The fraction of sp³-hybridized carbons (Fsp3) is 0.0385. The van der Waals surface area contributed by atoms with Gasteiger partial charge in [0.05, 0.1) is 16.7 Å². The minimum Gasteiger partial charge on any atom is -0.459 e. The smallest absolute Gasteiger partial charge is 0.302 e. The van der Waals surface area contributed by atoms with Crippen LogP contribution >= 0.6 is 11.3 Å². The number of hydrogen-bond donors (Lipinski definition) is 0. The quantitative estimate of drug-likeness (QED) is 0.296. The van der Waals surface area contributed by atoms with Gasteiger partial charge < -0.3 is 4.74 Å². The van der Waals surface area contributed by atoms with E-state index in [-0.39, 0.29) is 0 Å². The van der Waals surface area contributed by atoms with E-state index < -0.39 is 0 Å². The molecule has 0 aliphatic carbocycles. The fourth-order valence-electron chi connectivity index (χ4n) is 4.56. The van der Waals surface area contributed by atoms with Crippen LogP contribution in [0.2, 0.25) is 0 Å². The number of aromatic nitrogens is 2. The van der Waals surface area contributed by atoms with Crippen LogP contribution in [0.1, 0.15) is 5.56 Å². The van der Waals surface area contributed by atoms with Crippen molar-refractivity contribution in [2.45, 2.75) is 6.61 Å². The van der Waals surface area contributed by atoms with Crippen LogP contribution in [0.15, 0.2) is 84.9 Å². The monoisotopic (exact) mass is 404 g/mol. The zero-order chi connectivity index (χ0) is 19.7. The molecule has 0 fully saturated rings. The second-order valence-electron chi connectivity index (χ2n) is 7.63. The molecule has 0 saturated heterocycles. The average Bonchev–Trinajstić information content (AvgIpc) is 3.37. The number of nitrogens with zero attached hydrogens (tertiary/aromatic N) is 2. The molecule has 4 heteroatoms. The van der Waals surface area contributed by atoms with Crippen molar-refractivity contribution >= 4 is 42.5 Å². The number of imidazole rings is 1. The van der Waals surface area contributed by atoms with Crippen LogP contribution in [0.4, 0.5) is 0 Å². The van der Waals surface area contributed by atoms with Gasteiger partial charge in [-0.25, -0.2) is 0 Å². The molecule has 0 unspecified atom stereocenters. The number of fused-ring (bicyclic) bond motifs is 8. The van der Waals surface area contributed by atoms with Crippen molar-refractivity contribution in [3.63, 3.8) is 0 Å². The summed E-state index contributed by atoms with van der Waals surface area (Å²) in [6.07, 6.45) is 0. The van der Waals surface area contributed by atoms with Gasteiger partial charge in [0.1, 0.15) is 6.61 Å². The van der Waals surface area contributed by atoms with Crippen molar-refractivity contribution in [1.29, 1.82) is 0 Å². The Morgan fingerprint density at radius 1 is 0.833 bits per heavy atom. The first kappa shape index (κ1) is 16.2. The molecule has 3 heterocycles. The highest BCUT2D eigenvalue weighted by atomic mass is 32.1. The molecule has 0 spiro atoms. The zero-order valence-electron chi connectivity index (χ0n) is 16.0. The number of hydrogen-bond acceptors (Lipinski definition) is 3. The van der Waals surface area contributed by atoms with Crippen molar-refractivity contribution < 1.29 is 4.74 Å². The number of rotatable bonds is 1. The molecule has 0 atom stereocenters. The summed E-state index contributed by atoms with van der Waals surface area (Å²) in [4.78, 5) is 4.73. The van der Waals surface area contributed by atoms with E-state index in [9.17, 15) is 0 Å². The highest BCUT2D eigenvalue weighted by Crippen LogP contribution is 2.41. The molecule has 1 aliphatic heterocycles. The molecule has 0 saturated carbocycles. The van der Waals surface area contributed by atoms with Crippen LogP contribution in [0.3, 0.4) is 0 Å². The molecule has 0 bridgehead atoms. The molecule has 0 amide bonds. The fourth-order valence-corrected chi connectivity index (χ4v) is 5.69. The molecule has 6 aromatic rings. The Kier molecular flexibility index (Phi) is 3.21. The maximum absolute atomic E-state index is 5.95. The van der Waals surface area contributed by atoms with Gasteiger partial charge in [-0.05, 0) is 41.5 Å². The molecular weight excluding hydrogens is 388 g/mol. The second kappa shape index (κ2) is 5.94. The summed E-state index contributed by atoms with van der Waals surface area (Å²) in [5.41, 5.74) is 6.81. The predicted molar refractivity (Wildman–Crippen MR) is 124 cm³/mol. The normalized spacial score (nSPS) is 12.8. The van der Waals surface area contributed by atoms with Crippen molar-refractivity contribution in [2.75, 3.05) is 0 Å². The van der Waals surface area contributed by atoms with Gasteiger partial charge in [-0.3, -0.25) is 4.57 Å². The Morgan fingerprint density at radius 2 is 1.70 bits per heavy atom. The first-order valence-corrected chi connectivity index (χ1v) is 10.8. The minimum absolute atomic E-state index is 0.562. The van der Waals surface area contributed by atoms with Crippen LogP contribution in [0.5, 0.6) is 6.01 Å². The first-order valence-electron chi connectivity index (χ1n) is 10.0. The highest BCUT2D eigenvalue weighted by Gasteiger charge is 2.21. The largest absolute Gasteiger partial charge is 0.459 e. The van der Waals surface area contributed by atoms with Gasteiger partial charge in [0.2, 0.25) is 0 Å². The van der Waals surface area contributed by atoms with E-state index in [1.54, 1.807) is 0 Å². The molecule has 4 aromatic carbocycles. The van der Waals surface area contributed by atoms with E-state index in [4.69, 9.17) is 9.72 Å². The number of benzene rings is 4. The first-order chi connectivity index (χ1) is 14.9. The maximum atomic E-state index is 5.95. The summed E-state index contributed by atoms with van der Waals surface area (Å²) < 4.78 is 10.7. The Morgan fingerprint density at radius 3 is 2.70 bits per heavy atom. The molecule has 142 valence electrons. The lowest BCUT2D eigenvalue weighted by molar-refractivity contribution is 0.265. The van der Waals surface area contributed by atoms with Crippen molar-refractivity contribution in [3.8, 4) is 22.8 Å². The van der Waals surface area contributed by atoms with E-state index in [1.165, 1.54) is 36.9 Å². The van der Waals surface area contributed by atoms with Gasteiger partial charge in [-0.15, -0.1) is 11.3 Å². The average molecular weight is 404 g/mol. The Hall–Kier alpha value is -3.63. The van der Waals surface area contributed by atoms with Crippen molar-refractivity contribution in [2.24, 2.45) is 0 Å². The summed E-state index contributed by atoms with van der Waals surface area (Å²) in [7, 11) is 0. The second-order valence-corrected chi connectivity index (χ2v) is 8.71. The standard InChI is InChI=1S/C26H16N2OS/c1-3-9-21-17(6-1)15-29-26-27-20-13-12-16(14-22(20)28(21)26)18-8-5-11-24-25(18)19-7-2-4-10-23(19)30-24/h1-14H,15H2. The molecule has 0 N–H and O–H groups in total. The van der Waals surface area contributed by atoms with Crippen LogP contribution < -0.4 is 4.74 Å². The number of thiophene rings is 1. The zero-order valence-corrected chi connectivity index (χ0v) is 16.8. The molecule has 3 nitrogen and oxygen atoms in total. The summed E-state index contributed by atoms with van der Waals surface area (Å²) >= 11 is 1.85. The van der Waals surface area contributed by atoms with E-state index in [0.717, 1.165) is 16.7 Å².